The normalized spacial score (nSPS) is 14.4. The minimum Gasteiger partial charge on any atom is -0.0645 e. The summed E-state index contributed by atoms with van der Waals surface area (Å²) < 4.78 is 15.3. The fourth-order valence-electron chi connectivity index (χ4n) is 10.1. The summed E-state index contributed by atoms with van der Waals surface area (Å²) in [7, 11) is 0. The number of imidazole rings is 1. The second kappa shape index (κ2) is 17.0. The summed E-state index contributed by atoms with van der Waals surface area (Å²) in [4.78, 5) is 4.90. The Bertz CT molecular complexity index is 3490. The van der Waals surface area contributed by atoms with E-state index in [-0.39, 0.29) is 16.9 Å². The number of pyridine rings is 1. The van der Waals surface area contributed by atoms with E-state index in [1.54, 1.807) is 0 Å². The van der Waals surface area contributed by atoms with Crippen molar-refractivity contribution in [2.45, 2.75) is 84.1 Å². The molecule has 1 aliphatic carbocycles. The average molecular weight is 1050 g/mol. The van der Waals surface area contributed by atoms with Crippen LogP contribution in [0.2, 0.25) is 0 Å². The van der Waals surface area contributed by atoms with E-state index in [4.69, 9.17) is 9.72 Å². The molecule has 1 unspecified atom stereocenters. The van der Waals surface area contributed by atoms with Crippen molar-refractivity contribution in [3.63, 3.8) is 0 Å². The smallest absolute Gasteiger partial charge is 0.0645 e. The SMILES string of the molecule is CC(C)(C)c1ccnc(-n2c3[c-]c(Oc4[c-]c5c(cc4)CCCCC5n4[c](=[Pt])n(-c5c(-c6ccccc6)cc(C(C)(C)C)cc5-c5ccccc5)c5ccccc54)ccc3c3ccccc32)c1. The molecule has 3 aromatic heterocycles. The fraction of sp³-hybridized carbons (Fsp3) is 0.213. The molecule has 1 atom stereocenters. The minimum absolute atomic E-state index is 0.0212. The molecule has 67 heavy (non-hydrogen) atoms. The molecule has 1 aliphatic rings. The third-order valence-electron chi connectivity index (χ3n) is 13.6. The Labute approximate surface area is 404 Å². The van der Waals surface area contributed by atoms with Crippen LogP contribution >= 0.6 is 0 Å². The Hall–Kier alpha value is -6.55. The van der Waals surface area contributed by atoms with Crippen LogP contribution < -0.4 is 4.74 Å². The van der Waals surface area contributed by atoms with Crippen LogP contribution in [0.5, 0.6) is 11.5 Å². The van der Waals surface area contributed by atoms with Crippen molar-refractivity contribution < 1.29 is 24.1 Å². The molecule has 7 aromatic carbocycles. The molecule has 10 aromatic rings. The summed E-state index contributed by atoms with van der Waals surface area (Å²) in [6, 6.07) is 64.7. The van der Waals surface area contributed by atoms with Gasteiger partial charge in [-0.25, -0.2) is 4.98 Å². The Kier molecular flexibility index (Phi) is 10.9. The van der Waals surface area contributed by atoms with Gasteiger partial charge in [-0.2, -0.15) is 0 Å². The molecule has 0 spiro atoms. The van der Waals surface area contributed by atoms with E-state index in [2.05, 4.69) is 238 Å². The Morgan fingerprint density at radius 1 is 0.582 bits per heavy atom. The summed E-state index contributed by atoms with van der Waals surface area (Å²) >= 11 is 2.61. The zero-order chi connectivity index (χ0) is 46.0. The fourth-order valence-corrected chi connectivity index (χ4v) is 11.2. The number of rotatable bonds is 7. The van der Waals surface area contributed by atoms with Crippen LogP contribution in [0.15, 0.2) is 164 Å². The van der Waals surface area contributed by atoms with Crippen LogP contribution in [0.1, 0.15) is 89.1 Å². The third kappa shape index (κ3) is 7.81. The van der Waals surface area contributed by atoms with Gasteiger partial charge in [0.15, 0.2) is 0 Å². The number of fused-ring (bicyclic) bond motifs is 5. The zero-order valence-corrected chi connectivity index (χ0v) is 41.3. The molecule has 3 heterocycles. The van der Waals surface area contributed by atoms with Crippen LogP contribution in [0, 0.1) is 15.9 Å². The standard InChI is InChI=1S/C61H54N4O.Pt/c1-60(2,3)44-33-34-62-58(37-44)65-54-26-16-14-24-48(54)49-32-31-47(39-57(49)65)66-46-30-29-43-23-13-15-25-53(50(43)38-46)63-40-64(56-28-18-17-27-55(56)63)59-51(41-19-9-7-10-20-41)35-45(61(4,5)6)36-52(59)42-21-11-8-12-22-42;/h7-12,14,16-22,24,26-37,53H,13,15,23,25H2,1-6H3;/q-2;. The molecular weight excluding hydrogens is 1000 g/mol. The van der Waals surface area contributed by atoms with Gasteiger partial charge < -0.3 is 0 Å². The summed E-state index contributed by atoms with van der Waals surface area (Å²) in [6.45, 7) is 13.7. The van der Waals surface area contributed by atoms with Crippen LogP contribution in [0.25, 0.3) is 66.6 Å². The number of ether oxygens (including phenoxy) is 1. The molecule has 0 N–H and O–H groups in total. The molecule has 0 aliphatic heterocycles. The quantitative estimate of drug-likeness (QED) is 0.118. The zero-order valence-electron chi connectivity index (χ0n) is 39.0. The van der Waals surface area contributed by atoms with Crippen LogP contribution in [-0.4, -0.2) is 18.7 Å². The van der Waals surface area contributed by atoms with Crippen molar-refractivity contribution in [2.24, 2.45) is 0 Å². The molecular formula is C61H54N4OPt-2. The van der Waals surface area contributed by atoms with Crippen molar-refractivity contribution in [3.8, 4) is 45.3 Å². The first-order valence-corrected chi connectivity index (χ1v) is 24.7. The Morgan fingerprint density at radius 2 is 1.19 bits per heavy atom. The maximum absolute atomic E-state index is 6.84. The summed E-state index contributed by atoms with van der Waals surface area (Å²) in [5.74, 6) is 2.20. The molecule has 336 valence electrons. The monoisotopic (exact) mass is 1050 g/mol. The van der Waals surface area contributed by atoms with E-state index in [0.29, 0.717) is 11.5 Å². The van der Waals surface area contributed by atoms with Gasteiger partial charge in [0.1, 0.15) is 0 Å². The van der Waals surface area contributed by atoms with Crippen LogP contribution in [0.4, 0.5) is 0 Å². The number of aryl methyl sites for hydroxylation is 1. The van der Waals surface area contributed by atoms with Gasteiger partial charge in [0.05, 0.1) is 0 Å². The second-order valence-corrected chi connectivity index (χ2v) is 21.1. The van der Waals surface area contributed by atoms with Crippen LogP contribution in [0.3, 0.4) is 0 Å². The second-order valence-electron chi connectivity index (χ2n) is 20.1. The predicted octanol–water partition coefficient (Wildman–Crippen LogP) is 15.6. The molecule has 0 bridgehead atoms. The average Bonchev–Trinajstić information content (AvgIpc) is 3.72. The number of nitrogens with zero attached hydrogens (tertiary/aromatic N) is 4. The van der Waals surface area contributed by atoms with E-state index in [1.165, 1.54) is 61.2 Å². The van der Waals surface area contributed by atoms with Crippen molar-refractivity contribution in [2.75, 3.05) is 0 Å². The van der Waals surface area contributed by atoms with Gasteiger partial charge in [-0.05, 0) is 29.2 Å². The molecule has 6 heteroatoms. The topological polar surface area (TPSA) is 36.9 Å². The van der Waals surface area contributed by atoms with E-state index in [9.17, 15) is 0 Å². The van der Waals surface area contributed by atoms with Crippen LogP contribution in [-0.2, 0) is 36.6 Å². The maximum atomic E-state index is 6.84. The number of para-hydroxylation sites is 3. The van der Waals surface area contributed by atoms with E-state index in [1.807, 2.05) is 12.3 Å². The Morgan fingerprint density at radius 3 is 1.88 bits per heavy atom. The third-order valence-corrected chi connectivity index (χ3v) is 14.6. The number of hydrogen-bond donors (Lipinski definition) is 0. The number of benzene rings is 7. The molecule has 5 nitrogen and oxygen atoms in total. The van der Waals surface area contributed by atoms with Gasteiger partial charge in [-0.1, -0.05) is 39.0 Å². The first-order valence-electron chi connectivity index (χ1n) is 23.5. The van der Waals surface area contributed by atoms with E-state index in [0.717, 1.165) is 57.1 Å². The van der Waals surface area contributed by atoms with Crippen molar-refractivity contribution in [1.82, 2.24) is 18.7 Å². The summed E-state index contributed by atoms with van der Waals surface area (Å²) in [5.41, 5.74) is 15.4. The van der Waals surface area contributed by atoms with Gasteiger partial charge in [0.25, 0.3) is 0 Å². The predicted molar refractivity (Wildman–Crippen MR) is 271 cm³/mol. The number of hydrogen-bond acceptors (Lipinski definition) is 2. The molecule has 11 rings (SSSR count). The Balaban J connectivity index is 1.06. The van der Waals surface area contributed by atoms with Crippen molar-refractivity contribution >= 4 is 32.8 Å². The molecule has 0 amide bonds. The van der Waals surface area contributed by atoms with E-state index < -0.39 is 0 Å². The van der Waals surface area contributed by atoms with Gasteiger partial charge in [0, 0.05) is 6.20 Å². The van der Waals surface area contributed by atoms with Gasteiger partial charge >= 0.3 is 328 Å². The molecule has 0 saturated carbocycles. The molecule has 0 radical (unpaired) electrons. The first-order chi connectivity index (χ1) is 32.4. The van der Waals surface area contributed by atoms with Gasteiger partial charge in [0.2, 0.25) is 0 Å². The molecule has 0 saturated heterocycles. The summed E-state index contributed by atoms with van der Waals surface area (Å²) in [5, 5.41) is 2.27. The van der Waals surface area contributed by atoms with Gasteiger partial charge in [-0.3, -0.25) is 0 Å². The minimum atomic E-state index is -0.0611. The van der Waals surface area contributed by atoms with E-state index >= 15 is 0 Å². The van der Waals surface area contributed by atoms with Gasteiger partial charge in [-0.15, -0.1) is 0 Å². The van der Waals surface area contributed by atoms with Crippen molar-refractivity contribution in [3.05, 3.63) is 202 Å². The van der Waals surface area contributed by atoms with Crippen molar-refractivity contribution in [1.29, 1.82) is 0 Å². The molecule has 0 fully saturated rings. The summed E-state index contributed by atoms with van der Waals surface area (Å²) in [6.07, 6.45) is 6.14. The first kappa shape index (κ1) is 43.0. The number of aromatic nitrogens is 4.